The zero-order chi connectivity index (χ0) is 10.6. The highest BCUT2D eigenvalue weighted by Gasteiger charge is 2.22. The Morgan fingerprint density at radius 3 is 2.15 bits per heavy atom. The molecule has 0 heterocycles. The van der Waals surface area contributed by atoms with Crippen LogP contribution in [0.15, 0.2) is 0 Å². The summed E-state index contributed by atoms with van der Waals surface area (Å²) in [6.07, 6.45) is 0.481. The zero-order valence-electron chi connectivity index (χ0n) is 8.92. The first kappa shape index (κ1) is 12.4. The van der Waals surface area contributed by atoms with Crippen LogP contribution >= 0.6 is 0 Å². The summed E-state index contributed by atoms with van der Waals surface area (Å²) in [6.45, 7) is 7.49. The number of rotatable bonds is 5. The lowest BCUT2D eigenvalue weighted by atomic mass is 9.71. The number of Topliss-reactive ketones (excluding diaryl/α,β-unsaturated/α-hetero) is 1. The molecule has 13 heavy (non-hydrogen) atoms. The lowest BCUT2D eigenvalue weighted by Gasteiger charge is -2.21. The van der Waals surface area contributed by atoms with Gasteiger partial charge in [0, 0.05) is 12.1 Å². The van der Waals surface area contributed by atoms with Crippen molar-refractivity contribution in [1.82, 2.24) is 0 Å². The quantitative estimate of drug-likeness (QED) is 0.510. The van der Waals surface area contributed by atoms with E-state index in [4.69, 9.17) is 13.3 Å². The molecule has 2 radical (unpaired) electrons. The molecular formula is C10H18BNO. The van der Waals surface area contributed by atoms with Gasteiger partial charge in [-0.05, 0) is 11.7 Å². The van der Waals surface area contributed by atoms with E-state index in [0.29, 0.717) is 12.1 Å². The van der Waals surface area contributed by atoms with Crippen LogP contribution in [0.1, 0.15) is 34.1 Å². The molecule has 0 fully saturated rings. The van der Waals surface area contributed by atoms with Crippen LogP contribution in [0.5, 0.6) is 0 Å². The van der Waals surface area contributed by atoms with E-state index in [9.17, 15) is 4.79 Å². The van der Waals surface area contributed by atoms with Crippen molar-refractivity contribution in [3.05, 3.63) is 0 Å². The monoisotopic (exact) mass is 179 g/mol. The van der Waals surface area contributed by atoms with Crippen molar-refractivity contribution >= 4 is 19.3 Å². The van der Waals surface area contributed by atoms with Gasteiger partial charge in [-0.25, -0.2) is 0 Å². The summed E-state index contributed by atoms with van der Waals surface area (Å²) in [6, 6.07) is 0. The lowest BCUT2D eigenvalue weighted by Crippen LogP contribution is -2.26. The van der Waals surface area contributed by atoms with Crippen LogP contribution < -0.4 is 0 Å². The molecule has 3 heteroatoms. The number of carbonyl (C=O) groups is 1. The van der Waals surface area contributed by atoms with E-state index in [2.05, 4.69) is 0 Å². The van der Waals surface area contributed by atoms with E-state index in [1.165, 1.54) is 0 Å². The Morgan fingerprint density at radius 1 is 1.38 bits per heavy atom. The van der Waals surface area contributed by atoms with Crippen LogP contribution in [0, 0.1) is 17.2 Å². The molecule has 0 aromatic heterocycles. The maximum atomic E-state index is 11.3. The Hall–Kier alpha value is -0.595. The molecule has 0 aliphatic heterocycles. The molecule has 0 saturated heterocycles. The standard InChI is InChI=1S/C10H18BNO/c1-5-8(13)7(4)10(12)9(11)6(2)3/h6-7,9,12H,5H2,1-4H3. The van der Waals surface area contributed by atoms with Gasteiger partial charge in [-0.1, -0.05) is 27.7 Å². The summed E-state index contributed by atoms with van der Waals surface area (Å²) in [5.41, 5.74) is 0.363. The summed E-state index contributed by atoms with van der Waals surface area (Å²) in [5.74, 6) is -0.284. The highest BCUT2D eigenvalue weighted by Crippen LogP contribution is 2.20. The van der Waals surface area contributed by atoms with E-state index in [1.807, 2.05) is 20.8 Å². The van der Waals surface area contributed by atoms with E-state index >= 15 is 0 Å². The first-order valence-electron chi connectivity index (χ1n) is 4.78. The van der Waals surface area contributed by atoms with Gasteiger partial charge in [-0.3, -0.25) is 4.79 Å². The number of ketones is 1. The van der Waals surface area contributed by atoms with Gasteiger partial charge in [0.2, 0.25) is 0 Å². The fourth-order valence-corrected chi connectivity index (χ4v) is 1.13. The van der Waals surface area contributed by atoms with Gasteiger partial charge in [0.15, 0.2) is 0 Å². The fraction of sp³-hybridized carbons (Fsp3) is 0.800. The lowest BCUT2D eigenvalue weighted by molar-refractivity contribution is -0.120. The minimum atomic E-state index is -0.317. The summed E-state index contributed by atoms with van der Waals surface area (Å²) in [5, 5.41) is 7.72. The van der Waals surface area contributed by atoms with Gasteiger partial charge >= 0.3 is 0 Å². The molecule has 0 aromatic carbocycles. The minimum Gasteiger partial charge on any atom is -0.309 e. The number of nitrogens with one attached hydrogen (secondary N) is 1. The predicted molar refractivity (Wildman–Crippen MR) is 56.5 cm³/mol. The minimum absolute atomic E-state index is 0.0982. The third-order valence-electron chi connectivity index (χ3n) is 2.38. The van der Waals surface area contributed by atoms with Crippen LogP contribution in [0.3, 0.4) is 0 Å². The Bertz CT molecular complexity index is 201. The average Bonchev–Trinajstić information content (AvgIpc) is 2.12. The highest BCUT2D eigenvalue weighted by molar-refractivity contribution is 6.27. The highest BCUT2D eigenvalue weighted by atomic mass is 16.1. The van der Waals surface area contributed by atoms with Gasteiger partial charge in [0.05, 0.1) is 13.8 Å². The molecule has 0 rings (SSSR count). The SMILES string of the molecule is [B]C(C(=N)C(C)C(=O)CC)C(C)C. The van der Waals surface area contributed by atoms with Crippen molar-refractivity contribution in [1.29, 1.82) is 5.41 Å². The Morgan fingerprint density at radius 2 is 1.85 bits per heavy atom. The number of hydrogen-bond acceptors (Lipinski definition) is 2. The number of hydrogen-bond donors (Lipinski definition) is 1. The molecule has 0 spiro atoms. The molecule has 0 aliphatic rings. The van der Waals surface area contributed by atoms with Crippen LogP contribution in [0.4, 0.5) is 0 Å². The van der Waals surface area contributed by atoms with Crippen molar-refractivity contribution in [2.75, 3.05) is 0 Å². The Kier molecular flexibility index (Phi) is 4.96. The molecule has 2 atom stereocenters. The molecule has 72 valence electrons. The van der Waals surface area contributed by atoms with Gasteiger partial charge in [-0.2, -0.15) is 0 Å². The van der Waals surface area contributed by atoms with E-state index < -0.39 is 0 Å². The van der Waals surface area contributed by atoms with Gasteiger partial charge in [0.25, 0.3) is 0 Å². The van der Waals surface area contributed by atoms with Gasteiger partial charge in [-0.15, -0.1) is 0 Å². The second kappa shape index (κ2) is 5.20. The van der Waals surface area contributed by atoms with Crippen LogP contribution in [-0.2, 0) is 4.79 Å². The smallest absolute Gasteiger partial charge is 0.140 e. The topological polar surface area (TPSA) is 40.9 Å². The second-order valence-electron chi connectivity index (χ2n) is 3.77. The van der Waals surface area contributed by atoms with Crippen LogP contribution in [0.25, 0.3) is 0 Å². The molecule has 0 saturated carbocycles. The number of carbonyl (C=O) groups excluding carboxylic acids is 1. The molecule has 0 aliphatic carbocycles. The van der Waals surface area contributed by atoms with Crippen molar-refractivity contribution in [2.24, 2.45) is 11.8 Å². The van der Waals surface area contributed by atoms with Gasteiger partial charge < -0.3 is 5.41 Å². The van der Waals surface area contributed by atoms with E-state index in [0.717, 1.165) is 0 Å². The molecule has 2 nitrogen and oxygen atoms in total. The molecule has 1 N–H and O–H groups in total. The van der Waals surface area contributed by atoms with Crippen molar-refractivity contribution in [2.45, 2.75) is 39.9 Å². The molecule has 0 amide bonds. The van der Waals surface area contributed by atoms with E-state index in [-0.39, 0.29) is 23.4 Å². The normalized spacial score (nSPS) is 15.5. The largest absolute Gasteiger partial charge is 0.309 e. The van der Waals surface area contributed by atoms with Crippen LogP contribution in [-0.4, -0.2) is 19.3 Å². The third kappa shape index (κ3) is 3.33. The summed E-state index contributed by atoms with van der Waals surface area (Å²) in [4.78, 5) is 11.3. The maximum Gasteiger partial charge on any atom is 0.140 e. The first-order valence-corrected chi connectivity index (χ1v) is 4.78. The molecule has 2 unspecified atom stereocenters. The average molecular weight is 179 g/mol. The van der Waals surface area contributed by atoms with Crippen molar-refractivity contribution in [3.63, 3.8) is 0 Å². The van der Waals surface area contributed by atoms with E-state index in [1.54, 1.807) is 6.92 Å². The first-order chi connectivity index (χ1) is 5.91. The molecule has 0 bridgehead atoms. The summed E-state index contributed by atoms with van der Waals surface area (Å²) in [7, 11) is 5.78. The van der Waals surface area contributed by atoms with Crippen molar-refractivity contribution in [3.8, 4) is 0 Å². The maximum absolute atomic E-state index is 11.3. The Labute approximate surface area is 82.0 Å². The third-order valence-corrected chi connectivity index (χ3v) is 2.38. The summed E-state index contributed by atoms with van der Waals surface area (Å²) >= 11 is 0. The zero-order valence-corrected chi connectivity index (χ0v) is 8.92. The van der Waals surface area contributed by atoms with Crippen molar-refractivity contribution < 1.29 is 4.79 Å². The Balaban J connectivity index is 4.34. The predicted octanol–water partition coefficient (Wildman–Crippen LogP) is 2.23. The van der Waals surface area contributed by atoms with Crippen LogP contribution in [0.2, 0.25) is 5.82 Å². The second-order valence-corrected chi connectivity index (χ2v) is 3.77. The summed E-state index contributed by atoms with van der Waals surface area (Å²) < 4.78 is 0. The van der Waals surface area contributed by atoms with Gasteiger partial charge in [0.1, 0.15) is 5.78 Å². The molecule has 0 aromatic rings. The molecular weight excluding hydrogens is 161 g/mol. The fourth-order valence-electron chi connectivity index (χ4n) is 1.13.